The number of ketones is 1. The summed E-state index contributed by atoms with van der Waals surface area (Å²) in [5, 5.41) is 5.20. The highest BCUT2D eigenvalue weighted by Crippen LogP contribution is 2.23. The molecule has 4 rings (SSSR count). The summed E-state index contributed by atoms with van der Waals surface area (Å²) in [5.41, 5.74) is 2.97. The zero-order chi connectivity index (χ0) is 18.1. The first-order chi connectivity index (χ1) is 12.6. The van der Waals surface area contributed by atoms with Gasteiger partial charge in [-0.25, -0.2) is 9.97 Å². The van der Waals surface area contributed by atoms with E-state index in [-0.39, 0.29) is 18.2 Å². The van der Waals surface area contributed by atoms with Crippen LogP contribution in [0.25, 0.3) is 22.0 Å². The first-order valence-electron chi connectivity index (χ1n) is 9.11. The largest absolute Gasteiger partial charge is 0.297 e. The van der Waals surface area contributed by atoms with Crippen LogP contribution >= 0.6 is 0 Å². The summed E-state index contributed by atoms with van der Waals surface area (Å²) in [5.74, 6) is 0.784. The molecule has 1 aliphatic rings. The highest BCUT2D eigenvalue weighted by Gasteiger charge is 2.24. The van der Waals surface area contributed by atoms with Crippen molar-refractivity contribution < 1.29 is 4.79 Å². The maximum atomic E-state index is 12.6. The Morgan fingerprint density at radius 2 is 2.00 bits per heavy atom. The Morgan fingerprint density at radius 1 is 1.19 bits per heavy atom. The number of Topliss-reactive ketones (excluding diaryl/α,β-unsaturated/α-hetero) is 1. The number of aryl methyl sites for hydroxylation is 1. The number of hydrogen-bond acceptors (Lipinski definition) is 5. The molecule has 0 unspecified atom stereocenters. The molecule has 0 N–H and O–H groups in total. The quantitative estimate of drug-likeness (QED) is 0.708. The van der Waals surface area contributed by atoms with Crippen molar-refractivity contribution in [2.75, 3.05) is 13.1 Å². The van der Waals surface area contributed by atoms with Gasteiger partial charge in [0.05, 0.1) is 24.2 Å². The molecule has 1 fully saturated rings. The molecular weight excluding hydrogens is 326 g/mol. The number of aromatic nitrogens is 4. The molecule has 1 saturated heterocycles. The summed E-state index contributed by atoms with van der Waals surface area (Å²) in [6, 6.07) is 6.03. The fraction of sp³-hybridized carbons (Fsp3) is 0.400. The van der Waals surface area contributed by atoms with Crippen molar-refractivity contribution in [2.45, 2.75) is 32.2 Å². The first-order valence-corrected chi connectivity index (χ1v) is 9.11. The number of rotatable bonds is 5. The molecule has 26 heavy (non-hydrogen) atoms. The van der Waals surface area contributed by atoms with E-state index in [1.54, 1.807) is 10.9 Å². The molecule has 134 valence electrons. The topological polar surface area (TPSA) is 63.9 Å². The maximum Gasteiger partial charge on any atom is 0.157 e. The van der Waals surface area contributed by atoms with Gasteiger partial charge in [0, 0.05) is 30.4 Å². The zero-order valence-electron chi connectivity index (χ0n) is 15.2. The fourth-order valence-electron chi connectivity index (χ4n) is 3.53. The molecular formula is C20H23N5O. The first kappa shape index (κ1) is 16.8. The van der Waals surface area contributed by atoms with Crippen LogP contribution in [-0.4, -0.2) is 49.6 Å². The van der Waals surface area contributed by atoms with Crippen molar-refractivity contribution in [2.24, 2.45) is 7.05 Å². The molecule has 1 aromatic carbocycles. The number of benzene rings is 1. The molecule has 0 radical (unpaired) electrons. The van der Waals surface area contributed by atoms with Gasteiger partial charge in [0.15, 0.2) is 5.78 Å². The molecule has 6 nitrogen and oxygen atoms in total. The number of likely N-dealkylation sites (tertiary alicyclic amines) is 1. The van der Waals surface area contributed by atoms with Crippen molar-refractivity contribution in [3.05, 3.63) is 42.6 Å². The maximum absolute atomic E-state index is 12.6. The second kappa shape index (κ2) is 6.96. The molecule has 0 amide bonds. The van der Waals surface area contributed by atoms with Crippen LogP contribution in [0, 0.1) is 0 Å². The lowest BCUT2D eigenvalue weighted by Gasteiger charge is -2.22. The molecule has 0 saturated carbocycles. The third kappa shape index (κ3) is 3.37. The van der Waals surface area contributed by atoms with Crippen molar-refractivity contribution in [1.29, 1.82) is 0 Å². The van der Waals surface area contributed by atoms with Crippen LogP contribution in [0.1, 0.15) is 25.6 Å². The Labute approximate surface area is 152 Å². The Hall–Kier alpha value is -2.60. The van der Waals surface area contributed by atoms with E-state index in [0.717, 1.165) is 35.1 Å². The smallest absolute Gasteiger partial charge is 0.157 e. The summed E-state index contributed by atoms with van der Waals surface area (Å²) in [4.78, 5) is 23.9. The van der Waals surface area contributed by atoms with Crippen molar-refractivity contribution in [1.82, 2.24) is 24.6 Å². The average molecular weight is 349 g/mol. The molecule has 3 aromatic rings. The number of carbonyl (C=O) groups excluding carboxylic acids is 1. The molecule has 2 aromatic heterocycles. The van der Waals surface area contributed by atoms with Crippen LogP contribution in [0.3, 0.4) is 0 Å². The molecule has 1 atom stereocenters. The molecule has 0 spiro atoms. The average Bonchev–Trinajstić information content (AvgIpc) is 3.32. The van der Waals surface area contributed by atoms with E-state index in [9.17, 15) is 4.79 Å². The Balaban J connectivity index is 1.57. The predicted octanol–water partition coefficient (Wildman–Crippen LogP) is 2.63. The lowest BCUT2D eigenvalue weighted by atomic mass is 10.1. The SMILES string of the molecule is C[C@@H](C(=O)Cc1ncc2ccc(-c3cnn(C)c3)cc2n1)N1CCCC1. The van der Waals surface area contributed by atoms with Crippen LogP contribution in [-0.2, 0) is 18.3 Å². The van der Waals surface area contributed by atoms with Gasteiger partial charge < -0.3 is 0 Å². The van der Waals surface area contributed by atoms with Crippen LogP contribution in [0.5, 0.6) is 0 Å². The highest BCUT2D eigenvalue weighted by molar-refractivity contribution is 5.86. The number of hydrogen-bond donors (Lipinski definition) is 0. The Kier molecular flexibility index (Phi) is 4.51. The lowest BCUT2D eigenvalue weighted by molar-refractivity contribution is -0.122. The van der Waals surface area contributed by atoms with Crippen LogP contribution in [0.2, 0.25) is 0 Å². The summed E-state index contributed by atoms with van der Waals surface area (Å²) in [7, 11) is 1.90. The number of carbonyl (C=O) groups is 1. The molecule has 6 heteroatoms. The molecule has 1 aliphatic heterocycles. The van der Waals surface area contributed by atoms with E-state index in [2.05, 4.69) is 20.0 Å². The van der Waals surface area contributed by atoms with E-state index < -0.39 is 0 Å². The van der Waals surface area contributed by atoms with E-state index in [4.69, 9.17) is 0 Å². The van der Waals surface area contributed by atoms with Crippen LogP contribution in [0.4, 0.5) is 0 Å². The van der Waals surface area contributed by atoms with E-state index >= 15 is 0 Å². The zero-order valence-corrected chi connectivity index (χ0v) is 15.2. The van der Waals surface area contributed by atoms with E-state index in [1.165, 1.54) is 12.8 Å². The normalized spacial score (nSPS) is 16.2. The lowest BCUT2D eigenvalue weighted by Crippen LogP contribution is -2.37. The third-order valence-electron chi connectivity index (χ3n) is 5.16. The molecule has 0 aliphatic carbocycles. The summed E-state index contributed by atoms with van der Waals surface area (Å²) >= 11 is 0. The van der Waals surface area contributed by atoms with E-state index in [0.29, 0.717) is 5.82 Å². The highest BCUT2D eigenvalue weighted by atomic mass is 16.1. The molecule has 3 heterocycles. The van der Waals surface area contributed by atoms with Gasteiger partial charge in [-0.3, -0.25) is 14.4 Å². The predicted molar refractivity (Wildman–Crippen MR) is 101 cm³/mol. The second-order valence-electron chi connectivity index (χ2n) is 7.02. The molecule has 0 bridgehead atoms. The van der Waals surface area contributed by atoms with Gasteiger partial charge in [0.2, 0.25) is 0 Å². The van der Waals surface area contributed by atoms with Crippen molar-refractivity contribution in [3.63, 3.8) is 0 Å². The second-order valence-corrected chi connectivity index (χ2v) is 7.02. The summed E-state index contributed by atoms with van der Waals surface area (Å²) in [6.07, 6.45) is 8.26. The summed E-state index contributed by atoms with van der Waals surface area (Å²) < 4.78 is 1.78. The minimum atomic E-state index is -0.0569. The minimum Gasteiger partial charge on any atom is -0.297 e. The van der Waals surface area contributed by atoms with Crippen molar-refractivity contribution in [3.8, 4) is 11.1 Å². The van der Waals surface area contributed by atoms with Gasteiger partial charge in [-0.05, 0) is 44.5 Å². The van der Waals surface area contributed by atoms with Crippen LogP contribution in [0.15, 0.2) is 36.8 Å². The number of fused-ring (bicyclic) bond motifs is 1. The van der Waals surface area contributed by atoms with Gasteiger partial charge in [-0.1, -0.05) is 12.1 Å². The Bertz CT molecular complexity index is 942. The third-order valence-corrected chi connectivity index (χ3v) is 5.16. The van der Waals surface area contributed by atoms with E-state index in [1.807, 2.05) is 44.6 Å². The summed E-state index contributed by atoms with van der Waals surface area (Å²) in [6.45, 7) is 4.02. The minimum absolute atomic E-state index is 0.0569. The van der Waals surface area contributed by atoms with Gasteiger partial charge in [-0.2, -0.15) is 5.10 Å². The standard InChI is InChI=1S/C20H23N5O/c1-14(25-7-3-4-8-25)19(26)10-20-21-11-16-6-5-15(9-18(16)23-20)17-12-22-24(2)13-17/h5-6,9,11-14H,3-4,7-8,10H2,1-2H3/t14-/m0/s1. The Morgan fingerprint density at radius 3 is 2.73 bits per heavy atom. The van der Waals surface area contributed by atoms with Gasteiger partial charge >= 0.3 is 0 Å². The van der Waals surface area contributed by atoms with Gasteiger partial charge in [0.25, 0.3) is 0 Å². The van der Waals surface area contributed by atoms with Gasteiger partial charge in [-0.15, -0.1) is 0 Å². The van der Waals surface area contributed by atoms with Crippen molar-refractivity contribution >= 4 is 16.7 Å². The van der Waals surface area contributed by atoms with Crippen LogP contribution < -0.4 is 0 Å². The van der Waals surface area contributed by atoms with Gasteiger partial charge in [0.1, 0.15) is 5.82 Å². The monoisotopic (exact) mass is 349 g/mol. The fourth-order valence-corrected chi connectivity index (χ4v) is 3.53. The number of nitrogens with zero attached hydrogens (tertiary/aromatic N) is 5.